The topological polar surface area (TPSA) is 8.17 Å². The Labute approximate surface area is 91.1 Å². The molecule has 0 amide bonds. The van der Waals surface area contributed by atoms with Crippen LogP contribution in [-0.2, 0) is 6.54 Å². The molecule has 80 valence electrons. The predicted molar refractivity (Wildman–Crippen MR) is 65.2 cm³/mol. The molecule has 2 rings (SSSR count). The first-order valence-electron chi connectivity index (χ1n) is 5.37. The van der Waals surface area contributed by atoms with Crippen molar-refractivity contribution in [2.45, 2.75) is 13.5 Å². The van der Waals surface area contributed by atoms with Crippen molar-refractivity contribution in [3.63, 3.8) is 0 Å². The van der Waals surface area contributed by atoms with Gasteiger partial charge < -0.3 is 9.47 Å². The summed E-state index contributed by atoms with van der Waals surface area (Å²) >= 11 is 0. The molecule has 0 spiro atoms. The average Bonchev–Trinajstić information content (AvgIpc) is 2.57. The van der Waals surface area contributed by atoms with Gasteiger partial charge in [-0.05, 0) is 44.1 Å². The van der Waals surface area contributed by atoms with E-state index in [9.17, 15) is 0 Å². The van der Waals surface area contributed by atoms with Gasteiger partial charge in [0.1, 0.15) is 0 Å². The quantitative estimate of drug-likeness (QED) is 0.742. The Bertz CT molecular complexity index is 455. The van der Waals surface area contributed by atoms with Gasteiger partial charge in [-0.1, -0.05) is 12.1 Å². The van der Waals surface area contributed by atoms with Gasteiger partial charge in [-0.3, -0.25) is 0 Å². The van der Waals surface area contributed by atoms with Crippen molar-refractivity contribution in [3.05, 3.63) is 36.0 Å². The molecule has 0 radical (unpaired) electrons. The molecule has 2 nitrogen and oxygen atoms in total. The van der Waals surface area contributed by atoms with Crippen LogP contribution >= 0.6 is 0 Å². The highest BCUT2D eigenvalue weighted by molar-refractivity contribution is 5.80. The van der Waals surface area contributed by atoms with Gasteiger partial charge in [0.25, 0.3) is 0 Å². The Balaban J connectivity index is 2.31. The molecule has 0 unspecified atom stereocenters. The second kappa shape index (κ2) is 4.07. The Morgan fingerprint density at radius 1 is 1.20 bits per heavy atom. The third-order valence-corrected chi connectivity index (χ3v) is 2.72. The van der Waals surface area contributed by atoms with Crippen molar-refractivity contribution in [2.75, 3.05) is 20.6 Å². The van der Waals surface area contributed by atoms with Crippen LogP contribution in [0.3, 0.4) is 0 Å². The van der Waals surface area contributed by atoms with Crippen LogP contribution in [0.1, 0.15) is 5.56 Å². The van der Waals surface area contributed by atoms with Crippen LogP contribution in [0.25, 0.3) is 10.9 Å². The highest BCUT2D eigenvalue weighted by Crippen LogP contribution is 2.17. The minimum atomic E-state index is 1.06. The summed E-state index contributed by atoms with van der Waals surface area (Å²) in [6.45, 7) is 4.28. The third kappa shape index (κ3) is 2.21. The largest absolute Gasteiger partial charge is 0.346 e. The summed E-state index contributed by atoms with van der Waals surface area (Å²) in [4.78, 5) is 2.21. The van der Waals surface area contributed by atoms with Crippen molar-refractivity contribution >= 4 is 10.9 Å². The summed E-state index contributed by atoms with van der Waals surface area (Å²) in [5, 5.41) is 1.33. The summed E-state index contributed by atoms with van der Waals surface area (Å²) in [7, 11) is 4.22. The maximum Gasteiger partial charge on any atom is 0.0483 e. The molecule has 0 saturated heterocycles. The number of likely N-dealkylation sites (N-methyl/N-ethyl adjacent to an activating group) is 1. The first kappa shape index (κ1) is 10.2. The second-order valence-electron chi connectivity index (χ2n) is 4.37. The molecule has 0 N–H and O–H groups in total. The van der Waals surface area contributed by atoms with Crippen LogP contribution in [-0.4, -0.2) is 30.1 Å². The smallest absolute Gasteiger partial charge is 0.0483 e. The zero-order valence-corrected chi connectivity index (χ0v) is 9.70. The van der Waals surface area contributed by atoms with Gasteiger partial charge in [0.2, 0.25) is 0 Å². The number of nitrogens with zero attached hydrogens (tertiary/aromatic N) is 2. The monoisotopic (exact) mass is 202 g/mol. The highest BCUT2D eigenvalue weighted by Gasteiger charge is 2.00. The van der Waals surface area contributed by atoms with Crippen LogP contribution in [0.4, 0.5) is 0 Å². The molecule has 0 atom stereocenters. The molecule has 15 heavy (non-hydrogen) atoms. The molecule has 1 aromatic carbocycles. The lowest BCUT2D eigenvalue weighted by Crippen LogP contribution is -2.17. The molecule has 0 aliphatic rings. The van der Waals surface area contributed by atoms with Gasteiger partial charge in [0.15, 0.2) is 0 Å². The van der Waals surface area contributed by atoms with E-state index in [1.54, 1.807) is 0 Å². The predicted octanol–water partition coefficient (Wildman–Crippen LogP) is 2.51. The van der Waals surface area contributed by atoms with E-state index in [1.807, 2.05) is 0 Å². The number of aryl methyl sites for hydroxylation is 1. The van der Waals surface area contributed by atoms with Crippen LogP contribution in [0, 0.1) is 6.92 Å². The van der Waals surface area contributed by atoms with E-state index in [0.29, 0.717) is 0 Å². The van der Waals surface area contributed by atoms with Crippen molar-refractivity contribution in [1.29, 1.82) is 0 Å². The molecule has 0 aliphatic carbocycles. The van der Waals surface area contributed by atoms with E-state index in [2.05, 4.69) is 60.9 Å². The Morgan fingerprint density at radius 2 is 2.00 bits per heavy atom. The Morgan fingerprint density at radius 3 is 2.73 bits per heavy atom. The summed E-state index contributed by atoms with van der Waals surface area (Å²) in [6.07, 6.45) is 2.17. The zero-order chi connectivity index (χ0) is 10.8. The first-order valence-corrected chi connectivity index (χ1v) is 5.37. The molecular weight excluding hydrogens is 184 g/mol. The van der Waals surface area contributed by atoms with E-state index >= 15 is 0 Å². The van der Waals surface area contributed by atoms with Gasteiger partial charge >= 0.3 is 0 Å². The molecule has 0 bridgehead atoms. The first-order chi connectivity index (χ1) is 7.16. The lowest BCUT2D eigenvalue weighted by Gasteiger charge is -2.11. The van der Waals surface area contributed by atoms with Gasteiger partial charge in [0, 0.05) is 24.8 Å². The van der Waals surface area contributed by atoms with E-state index in [-0.39, 0.29) is 0 Å². The highest BCUT2D eigenvalue weighted by atomic mass is 15.1. The fourth-order valence-corrected chi connectivity index (χ4v) is 1.80. The Kier molecular flexibility index (Phi) is 2.78. The maximum atomic E-state index is 2.32. The minimum absolute atomic E-state index is 1.06. The number of aromatic nitrogens is 1. The lowest BCUT2D eigenvalue weighted by atomic mass is 10.2. The van der Waals surface area contributed by atoms with Crippen molar-refractivity contribution in [3.8, 4) is 0 Å². The van der Waals surface area contributed by atoms with Gasteiger partial charge in [-0.2, -0.15) is 0 Å². The van der Waals surface area contributed by atoms with Crippen molar-refractivity contribution in [1.82, 2.24) is 9.47 Å². The number of hydrogen-bond donors (Lipinski definition) is 0. The molecule has 2 heteroatoms. The van der Waals surface area contributed by atoms with Gasteiger partial charge in [0.05, 0.1) is 0 Å². The van der Waals surface area contributed by atoms with Crippen molar-refractivity contribution in [2.24, 2.45) is 0 Å². The van der Waals surface area contributed by atoms with E-state index in [0.717, 1.165) is 13.1 Å². The normalized spacial score (nSPS) is 11.5. The molecule has 1 aromatic heterocycles. The van der Waals surface area contributed by atoms with Crippen LogP contribution in [0.5, 0.6) is 0 Å². The third-order valence-electron chi connectivity index (χ3n) is 2.72. The van der Waals surface area contributed by atoms with Crippen LogP contribution in [0.15, 0.2) is 30.5 Å². The van der Waals surface area contributed by atoms with Crippen LogP contribution in [0.2, 0.25) is 0 Å². The second-order valence-corrected chi connectivity index (χ2v) is 4.37. The SMILES string of the molecule is Cc1ccc2ccn(CCN(C)C)c2c1. The molecule has 0 saturated carbocycles. The molecular formula is C13H18N2. The van der Waals surface area contributed by atoms with Gasteiger partial charge in [-0.25, -0.2) is 0 Å². The Hall–Kier alpha value is -1.28. The zero-order valence-electron chi connectivity index (χ0n) is 9.70. The van der Waals surface area contributed by atoms with Crippen LogP contribution < -0.4 is 0 Å². The summed E-state index contributed by atoms with van der Waals surface area (Å²) in [5.41, 5.74) is 2.67. The number of fused-ring (bicyclic) bond motifs is 1. The average molecular weight is 202 g/mol. The molecule has 0 aliphatic heterocycles. The molecule has 1 heterocycles. The molecule has 2 aromatic rings. The van der Waals surface area contributed by atoms with E-state index < -0.39 is 0 Å². The maximum absolute atomic E-state index is 2.32. The summed E-state index contributed by atoms with van der Waals surface area (Å²) in [6, 6.07) is 8.80. The fraction of sp³-hybridized carbons (Fsp3) is 0.385. The summed E-state index contributed by atoms with van der Waals surface area (Å²) in [5.74, 6) is 0. The van der Waals surface area contributed by atoms with E-state index in [1.165, 1.54) is 16.5 Å². The fourth-order valence-electron chi connectivity index (χ4n) is 1.80. The standard InChI is InChI=1S/C13H18N2/c1-11-4-5-12-6-7-15(13(12)10-11)9-8-14(2)3/h4-7,10H,8-9H2,1-3H3. The van der Waals surface area contributed by atoms with Crippen molar-refractivity contribution < 1.29 is 0 Å². The molecule has 0 fully saturated rings. The number of benzene rings is 1. The summed E-state index contributed by atoms with van der Waals surface area (Å²) < 4.78 is 2.32. The number of hydrogen-bond acceptors (Lipinski definition) is 1. The minimum Gasteiger partial charge on any atom is -0.346 e. The van der Waals surface area contributed by atoms with Gasteiger partial charge in [-0.15, -0.1) is 0 Å². The number of rotatable bonds is 3. The lowest BCUT2D eigenvalue weighted by molar-refractivity contribution is 0.387. The van der Waals surface area contributed by atoms with E-state index in [4.69, 9.17) is 0 Å².